The number of nitrogens with zero attached hydrogens (tertiary/aromatic N) is 2. The fourth-order valence-electron chi connectivity index (χ4n) is 3.27. The highest BCUT2D eigenvalue weighted by molar-refractivity contribution is 6.02. The lowest BCUT2D eigenvalue weighted by Crippen LogP contribution is -2.21. The normalized spacial score (nSPS) is 11.0. The summed E-state index contributed by atoms with van der Waals surface area (Å²) in [5, 5.41) is 15.9. The first kappa shape index (κ1) is 19.9. The van der Waals surface area contributed by atoms with Crippen LogP contribution in [-0.2, 0) is 0 Å². The number of hydrogen-bond donors (Lipinski definition) is 2. The van der Waals surface area contributed by atoms with Gasteiger partial charge in [-0.3, -0.25) is 9.59 Å². The first-order chi connectivity index (χ1) is 15.1. The summed E-state index contributed by atoms with van der Waals surface area (Å²) in [6.07, 6.45) is 1.33. The van der Waals surface area contributed by atoms with Crippen LogP contribution < -0.4 is 15.7 Å². The smallest absolute Gasteiger partial charge is 0.271 e. The van der Waals surface area contributed by atoms with Crippen molar-refractivity contribution in [1.82, 2.24) is 9.99 Å². The number of nitrogens with one attached hydrogen (secondary N) is 1. The number of hydrazone groups is 1. The summed E-state index contributed by atoms with van der Waals surface area (Å²) in [5.41, 5.74) is 3.30. The Balaban J connectivity index is 1.79. The van der Waals surface area contributed by atoms with Crippen LogP contribution >= 0.6 is 0 Å². The summed E-state index contributed by atoms with van der Waals surface area (Å²) >= 11 is 0. The predicted octanol–water partition coefficient (Wildman–Crippen LogP) is 3.47. The van der Waals surface area contributed by atoms with Crippen molar-refractivity contribution in [2.45, 2.75) is 0 Å². The van der Waals surface area contributed by atoms with E-state index >= 15 is 0 Å². The van der Waals surface area contributed by atoms with Crippen molar-refractivity contribution in [3.8, 4) is 17.3 Å². The van der Waals surface area contributed by atoms with Crippen LogP contribution in [0.1, 0.15) is 15.9 Å². The van der Waals surface area contributed by atoms with Gasteiger partial charge >= 0.3 is 0 Å². The molecule has 0 saturated heterocycles. The second-order valence-corrected chi connectivity index (χ2v) is 6.69. The lowest BCUT2D eigenvalue weighted by atomic mass is 10.1. The van der Waals surface area contributed by atoms with E-state index in [0.29, 0.717) is 33.3 Å². The minimum absolute atomic E-state index is 0.286. The number of rotatable bonds is 5. The van der Waals surface area contributed by atoms with Crippen LogP contribution in [0, 0.1) is 0 Å². The van der Waals surface area contributed by atoms with E-state index in [1.54, 1.807) is 79.9 Å². The molecule has 0 aliphatic heterocycles. The first-order valence-corrected chi connectivity index (χ1v) is 9.49. The summed E-state index contributed by atoms with van der Waals surface area (Å²) in [4.78, 5) is 25.3. The standard InChI is InChI=1S/C24H19N3O4/c1-31-18-13-11-17(12-14-18)27-23(29)20-10-6-5-9-19(20)21(24(27)30)15-25-26-22(28)16-7-3-2-4-8-16/h2-15,30H,1H3,(H,26,28)/b25-15-. The van der Waals surface area contributed by atoms with Crippen molar-refractivity contribution in [2.24, 2.45) is 5.10 Å². The Labute approximate surface area is 177 Å². The maximum atomic E-state index is 13.1. The third kappa shape index (κ3) is 3.89. The molecule has 0 unspecified atom stereocenters. The quantitative estimate of drug-likeness (QED) is 0.387. The molecule has 0 bridgehead atoms. The third-order valence-corrected chi connectivity index (χ3v) is 4.83. The highest BCUT2D eigenvalue weighted by atomic mass is 16.5. The maximum Gasteiger partial charge on any atom is 0.271 e. The maximum absolute atomic E-state index is 13.1. The largest absolute Gasteiger partial charge is 0.497 e. The van der Waals surface area contributed by atoms with Gasteiger partial charge in [-0.05, 0) is 42.5 Å². The zero-order chi connectivity index (χ0) is 21.8. The van der Waals surface area contributed by atoms with Gasteiger partial charge in [0.25, 0.3) is 11.5 Å². The molecule has 0 aliphatic rings. The average Bonchev–Trinajstić information content (AvgIpc) is 2.82. The number of benzene rings is 3. The molecule has 7 nitrogen and oxygen atoms in total. The average molecular weight is 413 g/mol. The first-order valence-electron chi connectivity index (χ1n) is 9.49. The Kier molecular flexibility index (Phi) is 5.49. The number of aromatic nitrogens is 1. The molecule has 2 N–H and O–H groups in total. The number of aromatic hydroxyl groups is 1. The molecule has 31 heavy (non-hydrogen) atoms. The highest BCUT2D eigenvalue weighted by Crippen LogP contribution is 2.26. The van der Waals surface area contributed by atoms with Crippen LogP contribution in [0.25, 0.3) is 16.5 Å². The van der Waals surface area contributed by atoms with Gasteiger partial charge in [0.1, 0.15) is 5.75 Å². The molecule has 1 heterocycles. The molecule has 0 radical (unpaired) electrons. The molecule has 7 heteroatoms. The second-order valence-electron chi connectivity index (χ2n) is 6.69. The van der Waals surface area contributed by atoms with E-state index < -0.39 is 0 Å². The number of amides is 1. The molecule has 0 fully saturated rings. The molecule has 1 amide bonds. The molecule has 154 valence electrons. The topological polar surface area (TPSA) is 92.9 Å². The zero-order valence-electron chi connectivity index (χ0n) is 16.6. The van der Waals surface area contributed by atoms with Crippen LogP contribution in [0.4, 0.5) is 0 Å². The van der Waals surface area contributed by atoms with Crippen LogP contribution in [-0.4, -0.2) is 28.9 Å². The van der Waals surface area contributed by atoms with Crippen molar-refractivity contribution < 1.29 is 14.6 Å². The van der Waals surface area contributed by atoms with Crippen molar-refractivity contribution in [1.29, 1.82) is 0 Å². The molecule has 4 rings (SSSR count). The predicted molar refractivity (Wildman–Crippen MR) is 119 cm³/mol. The molecule has 0 atom stereocenters. The molecule has 0 saturated carbocycles. The van der Waals surface area contributed by atoms with E-state index in [9.17, 15) is 14.7 Å². The monoisotopic (exact) mass is 413 g/mol. The molecule has 0 aliphatic carbocycles. The van der Waals surface area contributed by atoms with Crippen LogP contribution in [0.15, 0.2) is 88.8 Å². The van der Waals surface area contributed by atoms with Gasteiger partial charge < -0.3 is 9.84 Å². The number of carbonyl (C=O) groups excluding carboxylic acids is 1. The summed E-state index contributed by atoms with van der Waals surface area (Å²) in [6, 6.07) is 22.3. The van der Waals surface area contributed by atoms with Crippen LogP contribution in [0.5, 0.6) is 11.6 Å². The zero-order valence-corrected chi connectivity index (χ0v) is 16.6. The van der Waals surface area contributed by atoms with E-state index in [2.05, 4.69) is 10.5 Å². The fraction of sp³-hybridized carbons (Fsp3) is 0.0417. The van der Waals surface area contributed by atoms with Crippen LogP contribution in [0.2, 0.25) is 0 Å². The van der Waals surface area contributed by atoms with E-state index in [-0.39, 0.29) is 17.3 Å². The third-order valence-electron chi connectivity index (χ3n) is 4.83. The molecule has 4 aromatic rings. The highest BCUT2D eigenvalue weighted by Gasteiger charge is 2.16. The number of pyridine rings is 1. The van der Waals surface area contributed by atoms with E-state index in [0.717, 1.165) is 0 Å². The minimum atomic E-state index is -0.385. The summed E-state index contributed by atoms with van der Waals surface area (Å²) in [6.45, 7) is 0. The van der Waals surface area contributed by atoms with Gasteiger partial charge in [-0.15, -0.1) is 0 Å². The summed E-state index contributed by atoms with van der Waals surface area (Å²) in [5.74, 6) is -0.0433. The molecular formula is C24H19N3O4. The fourth-order valence-corrected chi connectivity index (χ4v) is 3.27. The van der Waals surface area contributed by atoms with E-state index in [1.807, 2.05) is 6.07 Å². The van der Waals surface area contributed by atoms with Crippen molar-refractivity contribution >= 4 is 22.9 Å². The number of fused-ring (bicyclic) bond motifs is 1. The Morgan fingerprint density at radius 1 is 0.968 bits per heavy atom. The Hall–Kier alpha value is -4.39. The van der Waals surface area contributed by atoms with Gasteiger partial charge in [-0.2, -0.15) is 5.10 Å². The van der Waals surface area contributed by atoms with E-state index in [1.165, 1.54) is 10.8 Å². The molecule has 3 aromatic carbocycles. The number of methoxy groups -OCH3 is 1. The number of carbonyl (C=O) groups is 1. The molecule has 1 aromatic heterocycles. The Morgan fingerprint density at radius 3 is 2.29 bits per heavy atom. The van der Waals surface area contributed by atoms with Crippen LogP contribution in [0.3, 0.4) is 0 Å². The van der Waals surface area contributed by atoms with Gasteiger partial charge in [0.15, 0.2) is 0 Å². The van der Waals surface area contributed by atoms with Gasteiger partial charge in [0.05, 0.1) is 24.6 Å². The van der Waals surface area contributed by atoms with Gasteiger partial charge in [-0.25, -0.2) is 9.99 Å². The Bertz CT molecular complexity index is 1330. The summed E-state index contributed by atoms with van der Waals surface area (Å²) in [7, 11) is 1.55. The van der Waals surface area contributed by atoms with Crippen molar-refractivity contribution in [2.75, 3.05) is 7.11 Å². The van der Waals surface area contributed by atoms with Crippen molar-refractivity contribution in [3.63, 3.8) is 0 Å². The lowest BCUT2D eigenvalue weighted by Gasteiger charge is -2.14. The van der Waals surface area contributed by atoms with Gasteiger partial charge in [-0.1, -0.05) is 36.4 Å². The minimum Gasteiger partial charge on any atom is -0.497 e. The Morgan fingerprint density at radius 2 is 1.61 bits per heavy atom. The second kappa shape index (κ2) is 8.54. The molecular weight excluding hydrogens is 394 g/mol. The lowest BCUT2D eigenvalue weighted by molar-refractivity contribution is 0.0955. The number of ether oxygens (including phenoxy) is 1. The van der Waals surface area contributed by atoms with Gasteiger partial charge in [0.2, 0.25) is 5.88 Å². The number of hydrogen-bond acceptors (Lipinski definition) is 5. The van der Waals surface area contributed by atoms with Crippen molar-refractivity contribution in [3.05, 3.63) is 100 Å². The molecule has 0 spiro atoms. The van der Waals surface area contributed by atoms with Gasteiger partial charge in [0, 0.05) is 16.3 Å². The summed E-state index contributed by atoms with van der Waals surface area (Å²) < 4.78 is 6.36. The van der Waals surface area contributed by atoms with E-state index in [4.69, 9.17) is 4.74 Å². The SMILES string of the molecule is COc1ccc(-n2c(O)c(/C=N\NC(=O)c3ccccc3)c3ccccc3c2=O)cc1.